The van der Waals surface area contributed by atoms with Gasteiger partial charge in [-0.25, -0.2) is 4.39 Å². The maximum Gasteiger partial charge on any atom is 0.145 e. The first-order chi connectivity index (χ1) is 6.67. The Bertz CT molecular complexity index is 302. The van der Waals surface area contributed by atoms with Crippen LogP contribution in [0.4, 0.5) is 4.39 Å². The van der Waals surface area contributed by atoms with Gasteiger partial charge in [-0.3, -0.25) is 0 Å². The molecular weight excluding hydrogens is 205 g/mol. The first kappa shape index (κ1) is 11.3. The van der Waals surface area contributed by atoms with Gasteiger partial charge in [0.25, 0.3) is 0 Å². The van der Waals surface area contributed by atoms with Gasteiger partial charge in [-0.05, 0) is 18.6 Å². The molecule has 0 amide bonds. The van der Waals surface area contributed by atoms with Gasteiger partial charge in [0.15, 0.2) is 0 Å². The number of nitrogens with two attached hydrogens (primary N) is 1. The van der Waals surface area contributed by atoms with E-state index in [9.17, 15) is 4.39 Å². The molecule has 0 radical (unpaired) electrons. The molecule has 14 heavy (non-hydrogen) atoms. The maximum atomic E-state index is 13.0. The van der Waals surface area contributed by atoms with Gasteiger partial charge in [0.1, 0.15) is 17.7 Å². The summed E-state index contributed by atoms with van der Waals surface area (Å²) in [5, 5.41) is 0.0955. The standard InChI is InChI=1S/C10H13ClFNO/c1-2-7(6-13)14-8-3-4-9(11)10(12)5-8/h3-5,7H,2,6,13H2,1H3. The molecule has 0 aromatic heterocycles. The second-order valence-electron chi connectivity index (χ2n) is 2.96. The van der Waals surface area contributed by atoms with Crippen molar-refractivity contribution in [3.8, 4) is 5.75 Å². The Morgan fingerprint density at radius 1 is 1.57 bits per heavy atom. The lowest BCUT2D eigenvalue weighted by molar-refractivity contribution is 0.204. The molecule has 0 saturated carbocycles. The van der Waals surface area contributed by atoms with E-state index >= 15 is 0 Å². The number of halogens is 2. The van der Waals surface area contributed by atoms with Crippen LogP contribution in [0, 0.1) is 5.82 Å². The lowest BCUT2D eigenvalue weighted by Crippen LogP contribution is -2.25. The Balaban J connectivity index is 2.72. The van der Waals surface area contributed by atoms with Crippen molar-refractivity contribution >= 4 is 11.6 Å². The highest BCUT2D eigenvalue weighted by atomic mass is 35.5. The van der Waals surface area contributed by atoms with E-state index < -0.39 is 5.82 Å². The zero-order valence-corrected chi connectivity index (χ0v) is 8.72. The summed E-state index contributed by atoms with van der Waals surface area (Å²) in [4.78, 5) is 0. The van der Waals surface area contributed by atoms with Crippen LogP contribution < -0.4 is 10.5 Å². The SMILES string of the molecule is CCC(CN)Oc1ccc(Cl)c(F)c1. The monoisotopic (exact) mass is 217 g/mol. The molecule has 1 aromatic carbocycles. The Kier molecular flexibility index (Phi) is 4.17. The molecule has 1 aromatic rings. The number of rotatable bonds is 4. The normalized spacial score (nSPS) is 12.6. The van der Waals surface area contributed by atoms with Crippen molar-refractivity contribution in [3.63, 3.8) is 0 Å². The van der Waals surface area contributed by atoms with Crippen LogP contribution in [0.15, 0.2) is 18.2 Å². The minimum absolute atomic E-state index is 0.0735. The molecular formula is C10H13ClFNO. The summed E-state index contributed by atoms with van der Waals surface area (Å²) in [6, 6.07) is 4.36. The van der Waals surface area contributed by atoms with Crippen LogP contribution in [0.5, 0.6) is 5.75 Å². The minimum Gasteiger partial charge on any atom is -0.489 e. The van der Waals surface area contributed by atoms with Crippen LogP contribution in [0.3, 0.4) is 0 Å². The fraction of sp³-hybridized carbons (Fsp3) is 0.400. The van der Waals surface area contributed by atoms with Gasteiger partial charge in [0, 0.05) is 12.6 Å². The van der Waals surface area contributed by atoms with Gasteiger partial charge in [-0.15, -0.1) is 0 Å². The lowest BCUT2D eigenvalue weighted by atomic mass is 10.2. The highest BCUT2D eigenvalue weighted by molar-refractivity contribution is 6.30. The topological polar surface area (TPSA) is 35.2 Å². The van der Waals surface area contributed by atoms with Crippen molar-refractivity contribution in [3.05, 3.63) is 29.0 Å². The zero-order chi connectivity index (χ0) is 10.6. The molecule has 0 heterocycles. The van der Waals surface area contributed by atoms with Crippen molar-refractivity contribution in [1.29, 1.82) is 0 Å². The summed E-state index contributed by atoms with van der Waals surface area (Å²) in [7, 11) is 0. The summed E-state index contributed by atoms with van der Waals surface area (Å²) >= 11 is 5.53. The average Bonchev–Trinajstić information content (AvgIpc) is 2.19. The number of hydrogen-bond acceptors (Lipinski definition) is 2. The van der Waals surface area contributed by atoms with Gasteiger partial charge in [-0.1, -0.05) is 18.5 Å². The van der Waals surface area contributed by atoms with Crippen molar-refractivity contribution in [1.82, 2.24) is 0 Å². The van der Waals surface area contributed by atoms with Crippen LogP contribution in [0.1, 0.15) is 13.3 Å². The van der Waals surface area contributed by atoms with Crippen LogP contribution in [0.2, 0.25) is 5.02 Å². The third-order valence-corrected chi connectivity index (χ3v) is 2.22. The zero-order valence-electron chi connectivity index (χ0n) is 7.97. The van der Waals surface area contributed by atoms with Gasteiger partial charge < -0.3 is 10.5 Å². The smallest absolute Gasteiger partial charge is 0.145 e. The van der Waals surface area contributed by atoms with Gasteiger partial charge in [0.05, 0.1) is 5.02 Å². The second kappa shape index (κ2) is 5.17. The van der Waals surface area contributed by atoms with Crippen LogP contribution in [-0.2, 0) is 0 Å². The van der Waals surface area contributed by atoms with E-state index in [1.54, 1.807) is 6.07 Å². The fourth-order valence-corrected chi connectivity index (χ4v) is 1.16. The molecule has 78 valence electrons. The van der Waals surface area contributed by atoms with E-state index in [2.05, 4.69) is 0 Å². The predicted molar refractivity (Wildman–Crippen MR) is 55.2 cm³/mol. The van der Waals surface area contributed by atoms with Gasteiger partial charge >= 0.3 is 0 Å². The molecule has 1 unspecified atom stereocenters. The minimum atomic E-state index is -0.476. The third kappa shape index (κ3) is 2.86. The molecule has 0 fully saturated rings. The molecule has 1 rings (SSSR count). The van der Waals surface area contributed by atoms with Gasteiger partial charge in [-0.2, -0.15) is 0 Å². The number of ether oxygens (including phenoxy) is 1. The van der Waals surface area contributed by atoms with Crippen molar-refractivity contribution in [2.45, 2.75) is 19.4 Å². The molecule has 0 aliphatic carbocycles. The summed E-state index contributed by atoms with van der Waals surface area (Å²) in [5.41, 5.74) is 5.45. The van der Waals surface area contributed by atoms with Gasteiger partial charge in [0.2, 0.25) is 0 Å². The second-order valence-corrected chi connectivity index (χ2v) is 3.37. The van der Waals surface area contributed by atoms with Crippen molar-refractivity contribution in [2.75, 3.05) is 6.54 Å². The van der Waals surface area contributed by atoms with E-state index in [1.165, 1.54) is 12.1 Å². The first-order valence-corrected chi connectivity index (χ1v) is 4.87. The number of benzene rings is 1. The van der Waals surface area contributed by atoms with Crippen molar-refractivity contribution < 1.29 is 9.13 Å². The molecule has 0 spiro atoms. The Hall–Kier alpha value is -0.800. The van der Waals surface area contributed by atoms with E-state index in [0.717, 1.165) is 6.42 Å². The summed E-state index contributed by atoms with van der Waals surface area (Å²) < 4.78 is 18.4. The maximum absolute atomic E-state index is 13.0. The van der Waals surface area contributed by atoms with E-state index in [4.69, 9.17) is 22.1 Å². The molecule has 1 atom stereocenters. The van der Waals surface area contributed by atoms with Crippen LogP contribution in [-0.4, -0.2) is 12.6 Å². The molecule has 0 aliphatic rings. The average molecular weight is 218 g/mol. The first-order valence-electron chi connectivity index (χ1n) is 4.49. The van der Waals surface area contributed by atoms with E-state index in [1.807, 2.05) is 6.92 Å². The van der Waals surface area contributed by atoms with Crippen LogP contribution >= 0.6 is 11.6 Å². The molecule has 2 nitrogen and oxygen atoms in total. The highest BCUT2D eigenvalue weighted by Gasteiger charge is 2.07. The predicted octanol–water partition coefficient (Wildman–Crippen LogP) is 2.60. The van der Waals surface area contributed by atoms with Crippen molar-refractivity contribution in [2.24, 2.45) is 5.73 Å². The third-order valence-electron chi connectivity index (χ3n) is 1.91. The summed E-state index contributed by atoms with van der Waals surface area (Å²) in [5.74, 6) is -0.0137. The summed E-state index contributed by atoms with van der Waals surface area (Å²) in [6.07, 6.45) is 0.719. The molecule has 4 heteroatoms. The Labute approximate surface area is 87.8 Å². The lowest BCUT2D eigenvalue weighted by Gasteiger charge is -2.15. The van der Waals surface area contributed by atoms with E-state index in [-0.39, 0.29) is 11.1 Å². The van der Waals surface area contributed by atoms with Crippen LogP contribution in [0.25, 0.3) is 0 Å². The molecule has 2 N–H and O–H groups in total. The molecule has 0 aliphatic heterocycles. The van der Waals surface area contributed by atoms with E-state index in [0.29, 0.717) is 12.3 Å². The quantitative estimate of drug-likeness (QED) is 0.842. The molecule has 0 bridgehead atoms. The highest BCUT2D eigenvalue weighted by Crippen LogP contribution is 2.21. The fourth-order valence-electron chi connectivity index (χ4n) is 1.04. The largest absolute Gasteiger partial charge is 0.489 e. The number of hydrogen-bond donors (Lipinski definition) is 1. The Morgan fingerprint density at radius 3 is 2.79 bits per heavy atom. The molecule has 0 saturated heterocycles. The Morgan fingerprint density at radius 2 is 2.29 bits per heavy atom. The summed E-state index contributed by atoms with van der Waals surface area (Å²) in [6.45, 7) is 2.38.